The summed E-state index contributed by atoms with van der Waals surface area (Å²) in [5, 5.41) is 59.7. The molecule has 0 bridgehead atoms. The summed E-state index contributed by atoms with van der Waals surface area (Å²) in [7, 11) is 0. The van der Waals surface area contributed by atoms with E-state index in [9.17, 15) is 40.2 Å². The minimum absolute atomic E-state index is 0.0594. The SMILES string of the molecule is O=C(O)C1=CO[C@H](O[C@@H]2O[C@H](CO)[C@@H](O)[C@H](O)[C@H]2O)[C@H]2C(COC(=O)c3ccco3)=C[C@H](O)[C@@H]12. The molecule has 0 radical (unpaired) electrons. The van der Waals surface area contributed by atoms with Gasteiger partial charge in [-0.25, -0.2) is 9.59 Å². The summed E-state index contributed by atoms with van der Waals surface area (Å²) >= 11 is 0. The molecule has 3 heterocycles. The van der Waals surface area contributed by atoms with Crippen molar-refractivity contribution in [2.45, 2.75) is 43.1 Å². The molecule has 4 rings (SSSR count). The number of fused-ring (bicyclic) bond motifs is 1. The zero-order valence-electron chi connectivity index (χ0n) is 17.5. The minimum atomic E-state index is -1.74. The van der Waals surface area contributed by atoms with Crippen molar-refractivity contribution in [2.75, 3.05) is 13.2 Å². The van der Waals surface area contributed by atoms with Crippen LogP contribution in [0.3, 0.4) is 0 Å². The number of ether oxygens (including phenoxy) is 4. The van der Waals surface area contributed by atoms with Crippen LogP contribution in [0.25, 0.3) is 0 Å². The first kappa shape index (κ1) is 24.3. The lowest BCUT2D eigenvalue weighted by Crippen LogP contribution is -2.60. The van der Waals surface area contributed by atoms with E-state index in [1.165, 1.54) is 24.5 Å². The lowest BCUT2D eigenvalue weighted by atomic mass is 9.82. The number of aliphatic hydroxyl groups excluding tert-OH is 5. The number of carbonyl (C=O) groups excluding carboxylic acids is 1. The van der Waals surface area contributed by atoms with E-state index in [1.54, 1.807) is 0 Å². The number of carboxylic acid groups (broad SMARTS) is 1. The van der Waals surface area contributed by atoms with Gasteiger partial charge in [0.15, 0.2) is 6.29 Å². The van der Waals surface area contributed by atoms with Crippen molar-refractivity contribution in [3.05, 3.63) is 47.6 Å². The van der Waals surface area contributed by atoms with Gasteiger partial charge in [-0.2, -0.15) is 0 Å². The normalized spacial score (nSPS) is 37.3. The van der Waals surface area contributed by atoms with Gasteiger partial charge in [0, 0.05) is 5.92 Å². The van der Waals surface area contributed by atoms with Crippen molar-refractivity contribution in [1.29, 1.82) is 0 Å². The van der Waals surface area contributed by atoms with Gasteiger partial charge < -0.3 is 54.0 Å². The van der Waals surface area contributed by atoms with Crippen molar-refractivity contribution in [1.82, 2.24) is 0 Å². The molecule has 1 saturated heterocycles. The Morgan fingerprint density at radius 2 is 1.79 bits per heavy atom. The van der Waals surface area contributed by atoms with Crippen LogP contribution in [0, 0.1) is 11.8 Å². The molecule has 0 aromatic carbocycles. The van der Waals surface area contributed by atoms with Gasteiger partial charge in [0.1, 0.15) is 31.0 Å². The largest absolute Gasteiger partial charge is 0.478 e. The molecule has 186 valence electrons. The van der Waals surface area contributed by atoms with Crippen LogP contribution in [0.2, 0.25) is 0 Å². The van der Waals surface area contributed by atoms with Crippen molar-refractivity contribution >= 4 is 11.9 Å². The first-order chi connectivity index (χ1) is 16.2. The highest BCUT2D eigenvalue weighted by atomic mass is 16.8. The van der Waals surface area contributed by atoms with E-state index < -0.39 is 73.5 Å². The monoisotopic (exact) mass is 484 g/mol. The second-order valence-corrected chi connectivity index (χ2v) is 8.05. The number of hydrogen-bond donors (Lipinski definition) is 6. The molecule has 2 aliphatic heterocycles. The van der Waals surface area contributed by atoms with E-state index in [-0.39, 0.29) is 23.5 Å². The number of carbonyl (C=O) groups is 2. The van der Waals surface area contributed by atoms with E-state index in [2.05, 4.69) is 0 Å². The molecular weight excluding hydrogens is 460 g/mol. The average Bonchev–Trinajstić information content (AvgIpc) is 3.47. The maximum Gasteiger partial charge on any atom is 0.374 e. The molecule has 13 nitrogen and oxygen atoms in total. The number of furan rings is 1. The van der Waals surface area contributed by atoms with Crippen LogP contribution in [-0.2, 0) is 23.7 Å². The van der Waals surface area contributed by atoms with Crippen LogP contribution < -0.4 is 0 Å². The molecule has 0 unspecified atom stereocenters. The molecule has 6 N–H and O–H groups in total. The van der Waals surface area contributed by atoms with Gasteiger partial charge in [0.25, 0.3) is 0 Å². The zero-order chi connectivity index (χ0) is 24.6. The summed E-state index contributed by atoms with van der Waals surface area (Å²) in [5.41, 5.74) is 0.0219. The quantitative estimate of drug-likeness (QED) is 0.185. The third-order valence-corrected chi connectivity index (χ3v) is 6.01. The molecule has 0 saturated carbocycles. The molecule has 1 aromatic rings. The third kappa shape index (κ3) is 4.46. The molecule has 1 aromatic heterocycles. The van der Waals surface area contributed by atoms with Crippen LogP contribution in [0.1, 0.15) is 10.6 Å². The maximum atomic E-state index is 12.2. The highest BCUT2D eigenvalue weighted by Gasteiger charge is 2.52. The Labute approximate surface area is 192 Å². The highest BCUT2D eigenvalue weighted by Crippen LogP contribution is 2.44. The molecule has 0 amide bonds. The number of esters is 1. The Hall–Kier alpha value is -2.78. The van der Waals surface area contributed by atoms with E-state index in [0.29, 0.717) is 0 Å². The summed E-state index contributed by atoms with van der Waals surface area (Å²) in [6.07, 6.45) is -7.00. The molecule has 3 aliphatic rings. The van der Waals surface area contributed by atoms with Gasteiger partial charge >= 0.3 is 11.9 Å². The van der Waals surface area contributed by atoms with Crippen LogP contribution in [-0.4, -0.2) is 98.9 Å². The highest BCUT2D eigenvalue weighted by molar-refractivity contribution is 5.88. The number of hydrogen-bond acceptors (Lipinski definition) is 12. The minimum Gasteiger partial charge on any atom is -0.478 e. The molecule has 9 atom stereocenters. The third-order valence-electron chi connectivity index (χ3n) is 6.01. The summed E-state index contributed by atoms with van der Waals surface area (Å²) in [5.74, 6) is -4.22. The van der Waals surface area contributed by atoms with Gasteiger partial charge in [-0.3, -0.25) is 0 Å². The number of aliphatic hydroxyl groups is 5. The predicted molar refractivity (Wildman–Crippen MR) is 106 cm³/mol. The van der Waals surface area contributed by atoms with E-state index in [0.717, 1.165) is 6.26 Å². The lowest BCUT2D eigenvalue weighted by Gasteiger charge is -2.43. The van der Waals surface area contributed by atoms with Crippen molar-refractivity contribution in [3.63, 3.8) is 0 Å². The van der Waals surface area contributed by atoms with Crippen LogP contribution in [0.4, 0.5) is 0 Å². The molecule has 1 fully saturated rings. The number of carboxylic acids is 1. The fourth-order valence-electron chi connectivity index (χ4n) is 4.28. The standard InChI is InChI=1S/C21H24O13/c22-5-12-15(24)16(25)17(26)21(33-12)34-20-13-8(6-31-19(29)11-2-1-3-30-11)4-10(23)14(13)9(7-32-20)18(27)28/h1-4,7,10,12-17,20-26H,5-6H2,(H,27,28)/t10-,12+,13-,14+,15+,16-,17+,20+,21-/m0/s1. The summed E-state index contributed by atoms with van der Waals surface area (Å²) < 4.78 is 26.6. The Bertz CT molecular complexity index is 952. The maximum absolute atomic E-state index is 12.2. The zero-order valence-corrected chi connectivity index (χ0v) is 17.5. The first-order valence-corrected chi connectivity index (χ1v) is 10.4. The second-order valence-electron chi connectivity index (χ2n) is 8.05. The fraction of sp³-hybridized carbons (Fsp3) is 0.524. The summed E-state index contributed by atoms with van der Waals surface area (Å²) in [6, 6.07) is 2.89. The Morgan fingerprint density at radius 1 is 1.03 bits per heavy atom. The van der Waals surface area contributed by atoms with Gasteiger partial charge in [-0.05, 0) is 17.7 Å². The first-order valence-electron chi connectivity index (χ1n) is 10.4. The van der Waals surface area contributed by atoms with Crippen molar-refractivity contribution < 1.29 is 63.6 Å². The van der Waals surface area contributed by atoms with Crippen LogP contribution in [0.5, 0.6) is 0 Å². The van der Waals surface area contributed by atoms with Crippen molar-refractivity contribution in [2.24, 2.45) is 11.8 Å². The molecule has 0 spiro atoms. The fourth-order valence-corrected chi connectivity index (χ4v) is 4.28. The predicted octanol–water partition coefficient (Wildman–Crippen LogP) is -1.89. The number of rotatable bonds is 7. The molecule has 1 aliphatic carbocycles. The molecular formula is C21H24O13. The van der Waals surface area contributed by atoms with Gasteiger partial charge in [-0.1, -0.05) is 6.08 Å². The topological polar surface area (TPSA) is 206 Å². The molecule has 13 heteroatoms. The van der Waals surface area contributed by atoms with Crippen LogP contribution in [0.15, 0.2) is 46.3 Å². The van der Waals surface area contributed by atoms with E-state index >= 15 is 0 Å². The lowest BCUT2D eigenvalue weighted by molar-refractivity contribution is -0.340. The van der Waals surface area contributed by atoms with Gasteiger partial charge in [0.2, 0.25) is 12.1 Å². The van der Waals surface area contributed by atoms with E-state index in [1.807, 2.05) is 0 Å². The van der Waals surface area contributed by atoms with Crippen LogP contribution >= 0.6 is 0 Å². The van der Waals surface area contributed by atoms with E-state index in [4.69, 9.17) is 23.4 Å². The average molecular weight is 484 g/mol. The van der Waals surface area contributed by atoms with Gasteiger partial charge in [0.05, 0.1) is 36.7 Å². The number of aliphatic carboxylic acids is 1. The Balaban J connectivity index is 1.55. The van der Waals surface area contributed by atoms with Gasteiger partial charge in [-0.15, -0.1) is 0 Å². The summed E-state index contributed by atoms with van der Waals surface area (Å²) in [4.78, 5) is 23.9. The Morgan fingerprint density at radius 3 is 2.44 bits per heavy atom. The second kappa shape index (κ2) is 9.84. The van der Waals surface area contributed by atoms with Crippen molar-refractivity contribution in [3.8, 4) is 0 Å². The Kier molecular flexibility index (Phi) is 7.04. The smallest absolute Gasteiger partial charge is 0.374 e. The molecule has 34 heavy (non-hydrogen) atoms. The summed E-state index contributed by atoms with van der Waals surface area (Å²) in [6.45, 7) is -1.04.